The van der Waals surface area contributed by atoms with Gasteiger partial charge in [0, 0.05) is 25.4 Å². The van der Waals surface area contributed by atoms with E-state index < -0.39 is 0 Å². The third-order valence-electron chi connectivity index (χ3n) is 3.52. The van der Waals surface area contributed by atoms with Crippen LogP contribution in [0.1, 0.15) is 24.1 Å². The van der Waals surface area contributed by atoms with Crippen LogP contribution in [0.15, 0.2) is 36.7 Å². The minimum Gasteiger partial charge on any atom is -0.481 e. The molecule has 0 aliphatic carbocycles. The Bertz CT molecular complexity index is 701. The van der Waals surface area contributed by atoms with Crippen LogP contribution in [0.4, 0.5) is 4.79 Å². The van der Waals surface area contributed by atoms with Crippen molar-refractivity contribution in [3.8, 4) is 18.1 Å². The fraction of sp³-hybridized carbons (Fsp3) is 0.333. The van der Waals surface area contributed by atoms with Crippen LogP contribution in [-0.4, -0.2) is 29.0 Å². The fourth-order valence-electron chi connectivity index (χ4n) is 2.19. The molecule has 1 unspecified atom stereocenters. The number of aromatic nitrogens is 2. The van der Waals surface area contributed by atoms with Gasteiger partial charge in [-0.2, -0.15) is 5.10 Å². The van der Waals surface area contributed by atoms with E-state index in [2.05, 4.69) is 21.7 Å². The second-order valence-corrected chi connectivity index (χ2v) is 5.46. The molecule has 24 heavy (non-hydrogen) atoms. The maximum Gasteiger partial charge on any atom is 0.315 e. The van der Waals surface area contributed by atoms with Crippen LogP contribution in [0.5, 0.6) is 5.75 Å². The van der Waals surface area contributed by atoms with E-state index in [9.17, 15) is 4.79 Å². The van der Waals surface area contributed by atoms with Crippen molar-refractivity contribution in [2.75, 3.05) is 13.2 Å². The van der Waals surface area contributed by atoms with E-state index in [0.29, 0.717) is 6.54 Å². The Morgan fingerprint density at radius 2 is 2.17 bits per heavy atom. The number of carbonyl (C=O) groups is 1. The van der Waals surface area contributed by atoms with E-state index in [1.165, 1.54) is 0 Å². The molecule has 0 saturated carbocycles. The van der Waals surface area contributed by atoms with Crippen LogP contribution in [0.25, 0.3) is 0 Å². The second kappa shape index (κ2) is 8.63. The first-order valence-corrected chi connectivity index (χ1v) is 7.76. The molecule has 6 heteroatoms. The van der Waals surface area contributed by atoms with Crippen molar-refractivity contribution >= 4 is 6.03 Å². The number of nitrogens with one attached hydrogen (secondary N) is 2. The van der Waals surface area contributed by atoms with Crippen molar-refractivity contribution in [1.29, 1.82) is 0 Å². The molecule has 1 aromatic carbocycles. The number of terminal acetylenes is 1. The van der Waals surface area contributed by atoms with Crippen molar-refractivity contribution in [2.45, 2.75) is 19.4 Å². The van der Waals surface area contributed by atoms with Gasteiger partial charge < -0.3 is 15.4 Å². The summed E-state index contributed by atoms with van der Waals surface area (Å²) < 4.78 is 7.03. The van der Waals surface area contributed by atoms with Gasteiger partial charge in [-0.05, 0) is 31.0 Å². The fourth-order valence-corrected chi connectivity index (χ4v) is 2.19. The standard InChI is InChI=1S/C18H22N4O2/c1-4-11-24-17-7-5-15(6-8-17)9-10-19-18(23)21-14(2)16-12-20-22(3)13-16/h1,5-8,12-14H,9-11H2,2-3H3,(H2,19,21,23). The predicted molar refractivity (Wildman–Crippen MR) is 92.6 cm³/mol. The lowest BCUT2D eigenvalue weighted by Crippen LogP contribution is -2.37. The highest BCUT2D eigenvalue weighted by molar-refractivity contribution is 5.74. The molecule has 0 bridgehead atoms. The van der Waals surface area contributed by atoms with Crippen molar-refractivity contribution in [3.05, 3.63) is 47.8 Å². The molecule has 0 saturated heterocycles. The summed E-state index contributed by atoms with van der Waals surface area (Å²) in [7, 11) is 1.85. The summed E-state index contributed by atoms with van der Waals surface area (Å²) in [6.07, 6.45) is 9.52. The Labute approximate surface area is 142 Å². The van der Waals surface area contributed by atoms with Gasteiger partial charge in [0.1, 0.15) is 12.4 Å². The maximum atomic E-state index is 11.9. The van der Waals surface area contributed by atoms with E-state index in [1.54, 1.807) is 10.9 Å². The molecule has 126 valence electrons. The molecule has 2 aromatic rings. The number of benzene rings is 1. The third-order valence-corrected chi connectivity index (χ3v) is 3.52. The average molecular weight is 326 g/mol. The van der Waals surface area contributed by atoms with Crippen LogP contribution in [0.3, 0.4) is 0 Å². The third kappa shape index (κ3) is 5.36. The zero-order valence-electron chi connectivity index (χ0n) is 14.0. The Kier molecular flexibility index (Phi) is 6.26. The molecular formula is C18H22N4O2. The Hall–Kier alpha value is -2.94. The molecule has 6 nitrogen and oxygen atoms in total. The zero-order chi connectivity index (χ0) is 17.4. The molecule has 0 aliphatic rings. The first-order valence-electron chi connectivity index (χ1n) is 7.76. The van der Waals surface area contributed by atoms with Gasteiger partial charge in [0.15, 0.2) is 0 Å². The number of carbonyl (C=O) groups excluding carboxylic acids is 1. The molecule has 1 atom stereocenters. The highest BCUT2D eigenvalue weighted by atomic mass is 16.5. The van der Waals surface area contributed by atoms with E-state index >= 15 is 0 Å². The number of urea groups is 1. The first kappa shape index (κ1) is 17.4. The second-order valence-electron chi connectivity index (χ2n) is 5.46. The zero-order valence-corrected chi connectivity index (χ0v) is 14.0. The smallest absolute Gasteiger partial charge is 0.315 e. The maximum absolute atomic E-state index is 11.9. The summed E-state index contributed by atoms with van der Waals surface area (Å²) in [5.74, 6) is 3.17. The van der Waals surface area contributed by atoms with Gasteiger partial charge >= 0.3 is 6.03 Å². The monoisotopic (exact) mass is 326 g/mol. The molecule has 1 aromatic heterocycles. The van der Waals surface area contributed by atoms with Crippen molar-refractivity contribution < 1.29 is 9.53 Å². The number of ether oxygens (including phenoxy) is 1. The number of aryl methyl sites for hydroxylation is 1. The highest BCUT2D eigenvalue weighted by Crippen LogP contribution is 2.12. The van der Waals surface area contributed by atoms with Crippen molar-refractivity contribution in [1.82, 2.24) is 20.4 Å². The van der Waals surface area contributed by atoms with Crippen LogP contribution in [-0.2, 0) is 13.5 Å². The van der Waals surface area contributed by atoms with Gasteiger partial charge in [-0.25, -0.2) is 4.79 Å². The molecule has 1 heterocycles. The SMILES string of the molecule is C#CCOc1ccc(CCNC(=O)NC(C)c2cnn(C)c2)cc1. The molecule has 0 spiro atoms. The quantitative estimate of drug-likeness (QED) is 0.765. The minimum atomic E-state index is -0.194. The topological polar surface area (TPSA) is 68.2 Å². The minimum absolute atomic E-state index is 0.0914. The number of hydrogen-bond donors (Lipinski definition) is 2. The number of nitrogens with zero attached hydrogens (tertiary/aromatic N) is 2. The average Bonchev–Trinajstić information content (AvgIpc) is 3.01. The summed E-state index contributed by atoms with van der Waals surface area (Å²) in [5.41, 5.74) is 2.08. The largest absolute Gasteiger partial charge is 0.481 e. The Morgan fingerprint density at radius 3 is 2.79 bits per heavy atom. The summed E-state index contributed by atoms with van der Waals surface area (Å²) in [5, 5.41) is 9.83. The van der Waals surface area contributed by atoms with E-state index in [0.717, 1.165) is 23.3 Å². The Balaban J connectivity index is 1.71. The van der Waals surface area contributed by atoms with Crippen LogP contribution in [0, 0.1) is 12.3 Å². The predicted octanol–water partition coefficient (Wildman–Crippen LogP) is 2.03. The van der Waals surface area contributed by atoms with Gasteiger partial charge in [-0.15, -0.1) is 6.42 Å². The van der Waals surface area contributed by atoms with Gasteiger partial charge in [0.2, 0.25) is 0 Å². The number of rotatable bonds is 7. The van der Waals surface area contributed by atoms with Crippen LogP contribution >= 0.6 is 0 Å². The summed E-state index contributed by atoms with van der Waals surface area (Å²) >= 11 is 0. The van der Waals surface area contributed by atoms with Gasteiger partial charge in [0.05, 0.1) is 12.2 Å². The molecule has 0 aliphatic heterocycles. The van der Waals surface area contributed by atoms with Gasteiger partial charge in [-0.3, -0.25) is 4.68 Å². The molecule has 0 radical (unpaired) electrons. The van der Waals surface area contributed by atoms with E-state index in [4.69, 9.17) is 11.2 Å². The summed E-state index contributed by atoms with van der Waals surface area (Å²) in [6.45, 7) is 2.73. The summed E-state index contributed by atoms with van der Waals surface area (Å²) in [4.78, 5) is 11.9. The highest BCUT2D eigenvalue weighted by Gasteiger charge is 2.10. The molecule has 0 fully saturated rings. The van der Waals surface area contributed by atoms with E-state index in [1.807, 2.05) is 44.4 Å². The Morgan fingerprint density at radius 1 is 1.42 bits per heavy atom. The molecule has 2 rings (SSSR count). The van der Waals surface area contributed by atoms with Crippen molar-refractivity contribution in [3.63, 3.8) is 0 Å². The summed E-state index contributed by atoms with van der Waals surface area (Å²) in [6, 6.07) is 7.38. The number of amides is 2. The van der Waals surface area contributed by atoms with E-state index in [-0.39, 0.29) is 18.7 Å². The lowest BCUT2D eigenvalue weighted by atomic mass is 10.1. The first-order chi connectivity index (χ1) is 11.6. The van der Waals surface area contributed by atoms with Gasteiger partial charge in [0.25, 0.3) is 0 Å². The van der Waals surface area contributed by atoms with Gasteiger partial charge in [-0.1, -0.05) is 18.1 Å². The molecule has 2 amide bonds. The normalized spacial score (nSPS) is 11.4. The van der Waals surface area contributed by atoms with Crippen molar-refractivity contribution in [2.24, 2.45) is 7.05 Å². The lowest BCUT2D eigenvalue weighted by molar-refractivity contribution is 0.238. The van der Waals surface area contributed by atoms with Crippen LogP contribution in [0.2, 0.25) is 0 Å². The lowest BCUT2D eigenvalue weighted by Gasteiger charge is -2.13. The molecule has 2 N–H and O–H groups in total. The molecular weight excluding hydrogens is 304 g/mol. The number of hydrogen-bond acceptors (Lipinski definition) is 3. The van der Waals surface area contributed by atoms with Crippen LogP contribution < -0.4 is 15.4 Å².